The number of pyridine rings is 1. The van der Waals surface area contributed by atoms with Crippen LogP contribution in [0.25, 0.3) is 11.1 Å². The van der Waals surface area contributed by atoms with E-state index in [0.717, 1.165) is 29.8 Å². The Morgan fingerprint density at radius 2 is 1.43 bits per heavy atom. The van der Waals surface area contributed by atoms with Gasteiger partial charge in [0.25, 0.3) is 5.60 Å². The molecule has 2 heterocycles. The summed E-state index contributed by atoms with van der Waals surface area (Å²) < 4.78 is 84.5. The first kappa shape index (κ1) is 31.9. The Hall–Kier alpha value is -3.52. The molecule has 2 atom stereocenters. The minimum absolute atomic E-state index is 0.0555. The molecule has 2 aliphatic rings. The molecule has 1 aliphatic carbocycles. The van der Waals surface area contributed by atoms with E-state index in [1.54, 1.807) is 24.5 Å². The number of rotatable bonds is 9. The summed E-state index contributed by atoms with van der Waals surface area (Å²) in [5.74, 6) is -0.656. The molecule has 1 aromatic heterocycles. The zero-order valence-corrected chi connectivity index (χ0v) is 23.5. The third-order valence-corrected chi connectivity index (χ3v) is 8.42. The molecule has 0 amide bonds. The number of aromatic nitrogens is 1. The lowest BCUT2D eigenvalue weighted by Crippen LogP contribution is -2.55. The number of aliphatic hydroxyl groups excluding tert-OH is 1. The van der Waals surface area contributed by atoms with Crippen LogP contribution in [0.3, 0.4) is 0 Å². The van der Waals surface area contributed by atoms with Gasteiger partial charge in [-0.3, -0.25) is 19.6 Å². The van der Waals surface area contributed by atoms with E-state index in [0.29, 0.717) is 55.9 Å². The molecule has 3 aromatic rings. The highest BCUT2D eigenvalue weighted by Crippen LogP contribution is 2.52. The topological polar surface area (TPSA) is 86.1 Å². The molecule has 2 unspecified atom stereocenters. The summed E-state index contributed by atoms with van der Waals surface area (Å²) in [6, 6.07) is 14.5. The maximum absolute atomic E-state index is 13.2. The lowest BCUT2D eigenvalue weighted by molar-refractivity contribution is -0.376. The van der Waals surface area contributed by atoms with E-state index >= 15 is 0 Å². The second-order valence-corrected chi connectivity index (χ2v) is 11.2. The fourth-order valence-electron chi connectivity index (χ4n) is 5.95. The maximum atomic E-state index is 13.2. The molecular weight excluding hydrogens is 592 g/mol. The number of halogens is 6. The van der Waals surface area contributed by atoms with E-state index in [1.807, 2.05) is 24.3 Å². The molecule has 13 heteroatoms. The lowest BCUT2D eigenvalue weighted by Gasteiger charge is -2.43. The van der Waals surface area contributed by atoms with Crippen LogP contribution in [-0.2, 0) is 28.2 Å². The molecule has 1 aliphatic heterocycles. The van der Waals surface area contributed by atoms with Crippen molar-refractivity contribution in [2.75, 3.05) is 32.8 Å². The minimum atomic E-state index is -5.95. The van der Waals surface area contributed by atoms with Gasteiger partial charge in [-0.05, 0) is 40.8 Å². The van der Waals surface area contributed by atoms with Crippen molar-refractivity contribution in [2.45, 2.75) is 43.0 Å². The first-order valence-electron chi connectivity index (χ1n) is 14.0. The molecule has 1 saturated heterocycles. The van der Waals surface area contributed by atoms with E-state index in [1.165, 1.54) is 0 Å². The largest absolute Gasteiger partial charge is 0.463 e. The van der Waals surface area contributed by atoms with E-state index in [-0.39, 0.29) is 25.1 Å². The average molecular weight is 624 g/mol. The second-order valence-electron chi connectivity index (χ2n) is 11.2. The predicted molar refractivity (Wildman–Crippen MR) is 147 cm³/mol. The van der Waals surface area contributed by atoms with Crippen molar-refractivity contribution in [1.82, 2.24) is 14.8 Å². The summed E-state index contributed by atoms with van der Waals surface area (Å²) in [5, 5.41) is 18.7. The van der Waals surface area contributed by atoms with Crippen LogP contribution >= 0.6 is 0 Å². The highest BCUT2D eigenvalue weighted by atomic mass is 19.4. The molecule has 44 heavy (non-hydrogen) atoms. The number of benzene rings is 2. The highest BCUT2D eigenvalue weighted by molar-refractivity contribution is 5.78. The molecular formula is C31H31F6N3O4. The van der Waals surface area contributed by atoms with Crippen LogP contribution in [0.5, 0.6) is 0 Å². The van der Waals surface area contributed by atoms with E-state index < -0.39 is 29.1 Å². The Labute approximate surface area is 249 Å². The second kappa shape index (κ2) is 12.1. The quantitative estimate of drug-likeness (QED) is 0.265. The number of esters is 1. The van der Waals surface area contributed by atoms with Crippen molar-refractivity contribution in [3.63, 3.8) is 0 Å². The summed E-state index contributed by atoms with van der Waals surface area (Å²) in [6.45, 7) is 2.96. The van der Waals surface area contributed by atoms with Gasteiger partial charge in [-0.15, -0.1) is 0 Å². The van der Waals surface area contributed by atoms with Crippen molar-refractivity contribution in [1.29, 1.82) is 0 Å². The standard InChI is InChI=1S/C31H31F6N3O4/c32-30(33,34)29(43,31(35,36)37)25-7-5-24(6-8-25)23-3-1-21(2-4-23)18-39-13-14-40(19-22-9-11-38-12-10-22)28(20-39)17-26(28)27(42)44-16-15-41/h1-12,26,41,43H,13-20H2. The molecule has 0 bridgehead atoms. The minimum Gasteiger partial charge on any atom is -0.463 e. The number of carbonyl (C=O) groups excluding carboxylic acids is 1. The number of carbonyl (C=O) groups is 1. The summed E-state index contributed by atoms with van der Waals surface area (Å²) >= 11 is 0. The van der Waals surface area contributed by atoms with Crippen molar-refractivity contribution in [3.05, 3.63) is 89.7 Å². The van der Waals surface area contributed by atoms with Crippen LogP contribution in [0.1, 0.15) is 23.1 Å². The Bertz CT molecular complexity index is 1420. The fourth-order valence-corrected chi connectivity index (χ4v) is 5.95. The third-order valence-electron chi connectivity index (χ3n) is 8.42. The molecule has 5 rings (SSSR count). The van der Waals surface area contributed by atoms with Crippen LogP contribution in [0.15, 0.2) is 73.1 Å². The summed E-state index contributed by atoms with van der Waals surface area (Å²) in [6.07, 6.45) is -7.82. The van der Waals surface area contributed by atoms with Gasteiger partial charge in [-0.2, -0.15) is 26.3 Å². The number of nitrogens with zero attached hydrogens (tertiary/aromatic N) is 3. The van der Waals surface area contributed by atoms with Crippen molar-refractivity contribution >= 4 is 5.97 Å². The SMILES string of the molecule is O=C(OCCO)C1CC12CN(Cc1ccc(-c3ccc(C(O)(C(F)(F)F)C(F)(F)F)cc3)cc1)CCN2Cc1ccncc1. The predicted octanol–water partition coefficient (Wildman–Crippen LogP) is 4.67. The average Bonchev–Trinajstić information content (AvgIpc) is 3.71. The van der Waals surface area contributed by atoms with Gasteiger partial charge in [-0.1, -0.05) is 48.5 Å². The van der Waals surface area contributed by atoms with Gasteiger partial charge in [0.05, 0.1) is 12.5 Å². The molecule has 1 saturated carbocycles. The first-order chi connectivity index (χ1) is 20.8. The van der Waals surface area contributed by atoms with E-state index in [4.69, 9.17) is 9.84 Å². The van der Waals surface area contributed by atoms with Gasteiger partial charge < -0.3 is 14.9 Å². The summed E-state index contributed by atoms with van der Waals surface area (Å²) in [4.78, 5) is 21.3. The zero-order valence-electron chi connectivity index (χ0n) is 23.5. The zero-order chi connectivity index (χ0) is 31.8. The van der Waals surface area contributed by atoms with E-state index in [9.17, 15) is 36.2 Å². The molecule has 1 spiro atoms. The Balaban J connectivity index is 1.28. The molecule has 7 nitrogen and oxygen atoms in total. The third kappa shape index (κ3) is 6.19. The first-order valence-corrected chi connectivity index (χ1v) is 14.0. The van der Waals surface area contributed by atoms with Gasteiger partial charge in [0, 0.05) is 56.2 Å². The Morgan fingerprint density at radius 1 is 0.864 bits per heavy atom. The molecule has 236 valence electrons. The number of piperazine rings is 1. The lowest BCUT2D eigenvalue weighted by atomic mass is 9.90. The maximum Gasteiger partial charge on any atom is 0.430 e. The number of alkyl halides is 6. The van der Waals surface area contributed by atoms with Gasteiger partial charge in [0.1, 0.15) is 6.61 Å². The highest BCUT2D eigenvalue weighted by Gasteiger charge is 2.71. The van der Waals surface area contributed by atoms with Crippen LogP contribution < -0.4 is 0 Å². The summed E-state index contributed by atoms with van der Waals surface area (Å²) in [5.41, 5.74) is -3.72. The molecule has 2 N–H and O–H groups in total. The summed E-state index contributed by atoms with van der Waals surface area (Å²) in [7, 11) is 0. The fraction of sp³-hybridized carbons (Fsp3) is 0.419. The van der Waals surface area contributed by atoms with Gasteiger partial charge in [0.2, 0.25) is 0 Å². The molecule has 2 fully saturated rings. The number of hydrogen-bond acceptors (Lipinski definition) is 7. The van der Waals surface area contributed by atoms with Gasteiger partial charge in [0.15, 0.2) is 0 Å². The van der Waals surface area contributed by atoms with Crippen LogP contribution in [0.2, 0.25) is 0 Å². The van der Waals surface area contributed by atoms with E-state index in [2.05, 4.69) is 14.8 Å². The van der Waals surface area contributed by atoms with Crippen LogP contribution in [0, 0.1) is 5.92 Å². The van der Waals surface area contributed by atoms with Crippen molar-refractivity contribution < 1.29 is 46.1 Å². The number of hydrogen-bond donors (Lipinski definition) is 2. The van der Waals surface area contributed by atoms with Crippen LogP contribution in [0.4, 0.5) is 26.3 Å². The Kier molecular flexibility index (Phi) is 8.78. The molecule has 2 aromatic carbocycles. The normalized spacial score (nSPS) is 21.4. The smallest absolute Gasteiger partial charge is 0.430 e. The van der Waals surface area contributed by atoms with Crippen LogP contribution in [-0.4, -0.2) is 81.7 Å². The Morgan fingerprint density at radius 3 is 2.00 bits per heavy atom. The van der Waals surface area contributed by atoms with Gasteiger partial charge in [-0.25, -0.2) is 0 Å². The number of ether oxygens (including phenoxy) is 1. The number of aliphatic hydroxyl groups is 2. The van der Waals surface area contributed by atoms with Gasteiger partial charge >= 0.3 is 18.3 Å². The van der Waals surface area contributed by atoms with Crippen molar-refractivity contribution in [2.24, 2.45) is 5.92 Å². The monoisotopic (exact) mass is 623 g/mol. The van der Waals surface area contributed by atoms with Crippen molar-refractivity contribution in [3.8, 4) is 11.1 Å². The molecule has 0 radical (unpaired) electrons.